The molecule has 0 bridgehead atoms. The summed E-state index contributed by atoms with van der Waals surface area (Å²) in [5.74, 6) is 0.667. The third kappa shape index (κ3) is 2.72. The van der Waals surface area contributed by atoms with Crippen LogP contribution in [0.4, 0.5) is 5.69 Å². The second kappa shape index (κ2) is 5.46. The topological polar surface area (TPSA) is 44.7 Å². The van der Waals surface area contributed by atoms with Crippen LogP contribution < -0.4 is 5.32 Å². The average Bonchev–Trinajstić information content (AvgIpc) is 3.06. The molecule has 1 aromatic heterocycles. The second-order valence-corrected chi connectivity index (χ2v) is 5.72. The zero-order valence-corrected chi connectivity index (χ0v) is 12.0. The van der Waals surface area contributed by atoms with E-state index in [9.17, 15) is 4.79 Å². The molecule has 0 atom stereocenters. The van der Waals surface area contributed by atoms with E-state index in [2.05, 4.69) is 10.3 Å². The van der Waals surface area contributed by atoms with Crippen LogP contribution in [0.5, 0.6) is 0 Å². The minimum atomic E-state index is 0.0352. The predicted octanol–water partition coefficient (Wildman–Crippen LogP) is 2.87. The van der Waals surface area contributed by atoms with Gasteiger partial charge < -0.3 is 5.32 Å². The normalized spacial score (nSPS) is 14.6. The third-order valence-electron chi connectivity index (χ3n) is 3.12. The van der Waals surface area contributed by atoms with Crippen molar-refractivity contribution in [1.29, 1.82) is 0 Å². The van der Waals surface area contributed by atoms with Crippen LogP contribution >= 0.6 is 11.3 Å². The van der Waals surface area contributed by atoms with Crippen molar-refractivity contribution in [2.45, 2.75) is 13.5 Å². The number of hydrogen-bond donors (Lipinski definition) is 1. The molecule has 1 aromatic carbocycles. The lowest BCUT2D eigenvalue weighted by Crippen LogP contribution is -2.36. The molecule has 0 radical (unpaired) electrons. The van der Waals surface area contributed by atoms with Crippen LogP contribution in [0, 0.1) is 6.92 Å². The highest BCUT2D eigenvalue weighted by molar-refractivity contribution is 7.09. The Bertz CT molecular complexity index is 632. The summed E-state index contributed by atoms with van der Waals surface area (Å²) >= 11 is 1.65. The van der Waals surface area contributed by atoms with Crippen molar-refractivity contribution in [2.75, 3.05) is 11.9 Å². The number of aliphatic imine (C=N–C) groups is 1. The van der Waals surface area contributed by atoms with Gasteiger partial charge in [0.1, 0.15) is 6.54 Å². The van der Waals surface area contributed by atoms with Crippen LogP contribution in [0.25, 0.3) is 0 Å². The fraction of sp³-hybridized carbons (Fsp3) is 0.200. The SMILES string of the molecule is Cc1ccc(NC2=NCC(=O)N2Cc2cccs2)cc1. The van der Waals surface area contributed by atoms with Gasteiger partial charge in [-0.2, -0.15) is 0 Å². The van der Waals surface area contributed by atoms with E-state index < -0.39 is 0 Å². The lowest BCUT2D eigenvalue weighted by atomic mass is 10.2. The fourth-order valence-electron chi connectivity index (χ4n) is 2.03. The zero-order chi connectivity index (χ0) is 13.9. The standard InChI is InChI=1S/C15H15N3OS/c1-11-4-6-12(7-5-11)17-15-16-9-14(19)18(15)10-13-3-2-8-20-13/h2-8H,9-10H2,1H3,(H,16,17). The molecule has 4 nitrogen and oxygen atoms in total. The number of nitrogens with one attached hydrogen (secondary N) is 1. The molecule has 20 heavy (non-hydrogen) atoms. The average molecular weight is 285 g/mol. The highest BCUT2D eigenvalue weighted by Crippen LogP contribution is 2.17. The Morgan fingerprint density at radius 2 is 2.10 bits per heavy atom. The molecule has 0 aliphatic carbocycles. The van der Waals surface area contributed by atoms with Crippen LogP contribution in [0.1, 0.15) is 10.4 Å². The molecule has 0 saturated carbocycles. The number of benzene rings is 1. The van der Waals surface area contributed by atoms with Gasteiger partial charge in [0.05, 0.1) is 6.54 Å². The summed E-state index contributed by atoms with van der Waals surface area (Å²) < 4.78 is 0. The molecule has 2 aromatic rings. The summed E-state index contributed by atoms with van der Waals surface area (Å²) in [5, 5.41) is 5.23. The molecule has 0 unspecified atom stereocenters. The molecule has 1 aliphatic heterocycles. The Kier molecular flexibility index (Phi) is 3.52. The number of hydrogen-bond acceptors (Lipinski definition) is 4. The number of nitrogens with zero attached hydrogens (tertiary/aromatic N) is 2. The van der Waals surface area contributed by atoms with Crippen LogP contribution in [0.3, 0.4) is 0 Å². The van der Waals surface area contributed by atoms with Crippen LogP contribution in [0.2, 0.25) is 0 Å². The monoisotopic (exact) mass is 285 g/mol. The Balaban J connectivity index is 1.74. The summed E-state index contributed by atoms with van der Waals surface area (Å²) in [5.41, 5.74) is 2.15. The van der Waals surface area contributed by atoms with E-state index in [4.69, 9.17) is 0 Å². The number of aryl methyl sites for hydroxylation is 1. The molecule has 1 amide bonds. The lowest BCUT2D eigenvalue weighted by Gasteiger charge is -2.18. The molecule has 1 aliphatic rings. The molecule has 5 heteroatoms. The lowest BCUT2D eigenvalue weighted by molar-refractivity contribution is -0.125. The van der Waals surface area contributed by atoms with E-state index in [0.29, 0.717) is 12.5 Å². The molecule has 1 N–H and O–H groups in total. The molecular weight excluding hydrogens is 270 g/mol. The Labute approximate surface area is 121 Å². The van der Waals surface area contributed by atoms with E-state index in [1.54, 1.807) is 16.2 Å². The van der Waals surface area contributed by atoms with E-state index in [-0.39, 0.29) is 12.5 Å². The van der Waals surface area contributed by atoms with Gasteiger partial charge in [-0.25, -0.2) is 4.99 Å². The van der Waals surface area contributed by atoms with Gasteiger partial charge >= 0.3 is 0 Å². The largest absolute Gasteiger partial charge is 0.326 e. The van der Waals surface area contributed by atoms with E-state index >= 15 is 0 Å². The second-order valence-electron chi connectivity index (χ2n) is 4.69. The fourth-order valence-corrected chi connectivity index (χ4v) is 2.72. The van der Waals surface area contributed by atoms with Gasteiger partial charge in [0, 0.05) is 10.6 Å². The first-order valence-corrected chi connectivity index (χ1v) is 7.31. The predicted molar refractivity (Wildman–Crippen MR) is 82.0 cm³/mol. The van der Waals surface area contributed by atoms with E-state index in [1.165, 1.54) is 5.56 Å². The number of carbonyl (C=O) groups excluding carboxylic acids is 1. The molecule has 0 saturated heterocycles. The molecule has 3 rings (SSSR count). The molecule has 0 fully saturated rings. The van der Waals surface area contributed by atoms with Crippen molar-refractivity contribution in [3.05, 3.63) is 52.2 Å². The van der Waals surface area contributed by atoms with Crippen molar-refractivity contribution < 1.29 is 4.79 Å². The summed E-state index contributed by atoms with van der Waals surface area (Å²) in [7, 11) is 0. The first kappa shape index (κ1) is 12.9. The van der Waals surface area contributed by atoms with Gasteiger partial charge in [-0.05, 0) is 30.5 Å². The number of guanidine groups is 1. The van der Waals surface area contributed by atoms with Crippen molar-refractivity contribution in [2.24, 2.45) is 4.99 Å². The van der Waals surface area contributed by atoms with Crippen molar-refractivity contribution >= 4 is 28.9 Å². The Hall–Kier alpha value is -2.14. The Morgan fingerprint density at radius 1 is 1.30 bits per heavy atom. The van der Waals surface area contributed by atoms with Crippen LogP contribution in [-0.4, -0.2) is 23.3 Å². The third-order valence-corrected chi connectivity index (χ3v) is 3.98. The van der Waals surface area contributed by atoms with Crippen LogP contribution in [-0.2, 0) is 11.3 Å². The summed E-state index contributed by atoms with van der Waals surface area (Å²) in [4.78, 5) is 19.1. The van der Waals surface area contributed by atoms with Gasteiger partial charge in [-0.3, -0.25) is 9.69 Å². The maximum Gasteiger partial charge on any atom is 0.251 e. The van der Waals surface area contributed by atoms with E-state index in [0.717, 1.165) is 10.6 Å². The number of thiophene rings is 1. The molecule has 0 spiro atoms. The van der Waals surface area contributed by atoms with Crippen molar-refractivity contribution in [3.8, 4) is 0 Å². The van der Waals surface area contributed by atoms with E-state index in [1.807, 2.05) is 48.7 Å². The molecule has 2 heterocycles. The number of amides is 1. The number of rotatable bonds is 3. The first-order chi connectivity index (χ1) is 9.72. The minimum Gasteiger partial charge on any atom is -0.326 e. The number of anilines is 1. The van der Waals surface area contributed by atoms with Crippen molar-refractivity contribution in [1.82, 2.24) is 4.90 Å². The first-order valence-electron chi connectivity index (χ1n) is 6.43. The molecular formula is C15H15N3OS. The summed E-state index contributed by atoms with van der Waals surface area (Å²) in [6.07, 6.45) is 0. The summed E-state index contributed by atoms with van der Waals surface area (Å²) in [6, 6.07) is 12.1. The van der Waals surface area contributed by atoms with Gasteiger partial charge in [0.15, 0.2) is 0 Å². The van der Waals surface area contributed by atoms with Gasteiger partial charge in [0.25, 0.3) is 5.91 Å². The van der Waals surface area contributed by atoms with Gasteiger partial charge in [0.2, 0.25) is 5.96 Å². The maximum absolute atomic E-state index is 11.9. The Morgan fingerprint density at radius 3 is 2.80 bits per heavy atom. The quantitative estimate of drug-likeness (QED) is 0.942. The summed E-state index contributed by atoms with van der Waals surface area (Å²) in [6.45, 7) is 2.84. The molecule has 102 valence electrons. The maximum atomic E-state index is 11.9. The highest BCUT2D eigenvalue weighted by atomic mass is 32.1. The smallest absolute Gasteiger partial charge is 0.251 e. The van der Waals surface area contributed by atoms with Gasteiger partial charge in [-0.15, -0.1) is 11.3 Å². The number of carbonyl (C=O) groups is 1. The highest BCUT2D eigenvalue weighted by Gasteiger charge is 2.25. The zero-order valence-electron chi connectivity index (χ0n) is 11.2. The van der Waals surface area contributed by atoms with Gasteiger partial charge in [-0.1, -0.05) is 23.8 Å². The van der Waals surface area contributed by atoms with Crippen LogP contribution in [0.15, 0.2) is 46.8 Å². The van der Waals surface area contributed by atoms with Crippen molar-refractivity contribution in [3.63, 3.8) is 0 Å². The minimum absolute atomic E-state index is 0.0352.